The van der Waals surface area contributed by atoms with Crippen LogP contribution in [0.15, 0.2) is 48.5 Å². The monoisotopic (exact) mass is 336 g/mol. The van der Waals surface area contributed by atoms with Crippen molar-refractivity contribution in [1.29, 1.82) is 0 Å². The van der Waals surface area contributed by atoms with Crippen molar-refractivity contribution in [2.75, 3.05) is 0 Å². The minimum absolute atomic E-state index is 0.0777. The maximum absolute atomic E-state index is 13.1. The van der Waals surface area contributed by atoms with Gasteiger partial charge in [-0.05, 0) is 49.1 Å². The summed E-state index contributed by atoms with van der Waals surface area (Å²) in [5.74, 6) is 0.945. The molecule has 1 aliphatic carbocycles. The molecule has 0 amide bonds. The van der Waals surface area contributed by atoms with E-state index in [9.17, 15) is 4.79 Å². The summed E-state index contributed by atoms with van der Waals surface area (Å²) in [6.07, 6.45) is 4.97. The van der Waals surface area contributed by atoms with Crippen molar-refractivity contribution >= 4 is 5.78 Å². The summed E-state index contributed by atoms with van der Waals surface area (Å²) in [6, 6.07) is 15.9. The molecule has 2 aromatic carbocycles. The van der Waals surface area contributed by atoms with E-state index in [0.717, 1.165) is 48.1 Å². The Morgan fingerprint density at radius 3 is 2.60 bits per heavy atom. The third-order valence-electron chi connectivity index (χ3n) is 5.43. The van der Waals surface area contributed by atoms with E-state index in [1.807, 2.05) is 55.5 Å². The molecule has 1 atom stereocenters. The molecule has 2 aromatic rings. The Hall–Kier alpha value is -2.13. The summed E-state index contributed by atoms with van der Waals surface area (Å²) >= 11 is 0. The molecule has 0 bridgehead atoms. The van der Waals surface area contributed by atoms with Gasteiger partial charge in [-0.2, -0.15) is 0 Å². The lowest BCUT2D eigenvalue weighted by molar-refractivity contribution is -0.0903. The fraction of sp³-hybridized carbons (Fsp3) is 0.409. The molecule has 1 unspecified atom stereocenters. The van der Waals surface area contributed by atoms with Crippen LogP contribution < -0.4 is 4.74 Å². The molecule has 1 aliphatic heterocycles. The molecule has 130 valence electrons. The summed E-state index contributed by atoms with van der Waals surface area (Å²) in [7, 11) is 0. The largest absolute Gasteiger partial charge is 0.489 e. The SMILES string of the molecule is CC1OC2(CCCCC2)C(=O)c2ccc(OCc3ccccc3)cc21. The Balaban J connectivity index is 1.56. The number of rotatable bonds is 3. The first-order chi connectivity index (χ1) is 12.2. The summed E-state index contributed by atoms with van der Waals surface area (Å²) in [5.41, 5.74) is 2.30. The number of Topliss-reactive ketones (excluding diaryl/α,β-unsaturated/α-hetero) is 1. The molecule has 1 saturated carbocycles. The van der Waals surface area contributed by atoms with Gasteiger partial charge in [-0.25, -0.2) is 0 Å². The zero-order chi connectivity index (χ0) is 17.3. The first-order valence-electron chi connectivity index (χ1n) is 9.21. The number of fused-ring (bicyclic) bond motifs is 1. The molecule has 0 N–H and O–H groups in total. The van der Waals surface area contributed by atoms with Crippen molar-refractivity contribution in [3.05, 3.63) is 65.2 Å². The highest BCUT2D eigenvalue weighted by Crippen LogP contribution is 2.44. The van der Waals surface area contributed by atoms with Gasteiger partial charge < -0.3 is 9.47 Å². The zero-order valence-corrected chi connectivity index (χ0v) is 14.7. The number of ether oxygens (including phenoxy) is 2. The molecule has 3 nitrogen and oxygen atoms in total. The number of hydrogen-bond donors (Lipinski definition) is 0. The van der Waals surface area contributed by atoms with Crippen LogP contribution in [-0.4, -0.2) is 11.4 Å². The number of hydrogen-bond acceptors (Lipinski definition) is 3. The van der Waals surface area contributed by atoms with Gasteiger partial charge in [-0.15, -0.1) is 0 Å². The molecule has 1 spiro atoms. The van der Waals surface area contributed by atoms with Gasteiger partial charge in [-0.3, -0.25) is 4.79 Å². The molecule has 0 radical (unpaired) electrons. The standard InChI is InChI=1S/C22H24O3/c1-16-20-14-18(24-15-17-8-4-2-5-9-17)10-11-19(20)21(23)22(25-16)12-6-3-7-13-22/h2,4-5,8-11,14,16H,3,6-7,12-13,15H2,1H3. The molecular formula is C22H24O3. The van der Waals surface area contributed by atoms with Crippen LogP contribution in [0.5, 0.6) is 5.75 Å². The molecule has 25 heavy (non-hydrogen) atoms. The number of carbonyl (C=O) groups excluding carboxylic acids is 1. The van der Waals surface area contributed by atoms with E-state index in [-0.39, 0.29) is 11.9 Å². The first-order valence-corrected chi connectivity index (χ1v) is 9.21. The quantitative estimate of drug-likeness (QED) is 0.768. The van der Waals surface area contributed by atoms with E-state index in [4.69, 9.17) is 9.47 Å². The van der Waals surface area contributed by atoms with E-state index >= 15 is 0 Å². The molecule has 1 heterocycles. The van der Waals surface area contributed by atoms with Crippen LogP contribution in [0.1, 0.15) is 66.6 Å². The Bertz CT molecular complexity index is 760. The Kier molecular flexibility index (Phi) is 4.34. The predicted octanol–water partition coefficient (Wildman–Crippen LogP) is 5.24. The van der Waals surface area contributed by atoms with Gasteiger partial charge in [0.05, 0.1) is 6.10 Å². The van der Waals surface area contributed by atoms with Crippen LogP contribution in [0, 0.1) is 0 Å². The molecule has 3 heteroatoms. The summed E-state index contributed by atoms with van der Waals surface area (Å²) in [5, 5.41) is 0. The van der Waals surface area contributed by atoms with E-state index in [1.54, 1.807) is 0 Å². The van der Waals surface area contributed by atoms with E-state index < -0.39 is 5.60 Å². The number of benzene rings is 2. The molecule has 0 aromatic heterocycles. The molecule has 4 rings (SSSR count). The highest BCUT2D eigenvalue weighted by atomic mass is 16.5. The fourth-order valence-corrected chi connectivity index (χ4v) is 4.08. The lowest BCUT2D eigenvalue weighted by atomic mass is 9.76. The minimum atomic E-state index is -0.586. The zero-order valence-electron chi connectivity index (χ0n) is 14.7. The second-order valence-corrected chi connectivity index (χ2v) is 7.17. The lowest BCUT2D eigenvalue weighted by Crippen LogP contribution is -2.47. The predicted molar refractivity (Wildman–Crippen MR) is 96.9 cm³/mol. The van der Waals surface area contributed by atoms with E-state index in [0.29, 0.717) is 6.61 Å². The van der Waals surface area contributed by atoms with E-state index in [1.165, 1.54) is 6.42 Å². The van der Waals surface area contributed by atoms with Gasteiger partial charge in [0.1, 0.15) is 18.0 Å². The second-order valence-electron chi connectivity index (χ2n) is 7.17. The van der Waals surface area contributed by atoms with Gasteiger partial charge in [-0.1, -0.05) is 49.6 Å². The van der Waals surface area contributed by atoms with Crippen LogP contribution in [0.2, 0.25) is 0 Å². The second kappa shape index (κ2) is 6.64. The highest BCUT2D eigenvalue weighted by Gasteiger charge is 2.46. The summed E-state index contributed by atoms with van der Waals surface area (Å²) in [4.78, 5) is 13.1. The van der Waals surface area contributed by atoms with Crippen molar-refractivity contribution in [2.24, 2.45) is 0 Å². The average Bonchev–Trinajstić information content (AvgIpc) is 2.66. The van der Waals surface area contributed by atoms with Crippen molar-refractivity contribution in [1.82, 2.24) is 0 Å². The average molecular weight is 336 g/mol. The smallest absolute Gasteiger partial charge is 0.195 e. The maximum Gasteiger partial charge on any atom is 0.195 e. The molecule has 1 fully saturated rings. The normalized spacial score (nSPS) is 21.8. The molecule has 0 saturated heterocycles. The van der Waals surface area contributed by atoms with E-state index in [2.05, 4.69) is 0 Å². The van der Waals surface area contributed by atoms with Crippen LogP contribution >= 0.6 is 0 Å². The third-order valence-corrected chi connectivity index (χ3v) is 5.43. The van der Waals surface area contributed by atoms with Crippen LogP contribution in [-0.2, 0) is 11.3 Å². The lowest BCUT2D eigenvalue weighted by Gasteiger charge is -2.42. The fourth-order valence-electron chi connectivity index (χ4n) is 4.08. The molecule has 2 aliphatic rings. The first kappa shape index (κ1) is 16.3. The van der Waals surface area contributed by atoms with Gasteiger partial charge in [0.25, 0.3) is 0 Å². The Morgan fingerprint density at radius 2 is 1.84 bits per heavy atom. The van der Waals surface area contributed by atoms with Crippen molar-refractivity contribution in [3.63, 3.8) is 0 Å². The van der Waals surface area contributed by atoms with Gasteiger partial charge in [0.2, 0.25) is 0 Å². The van der Waals surface area contributed by atoms with Gasteiger partial charge in [0.15, 0.2) is 5.78 Å². The number of ketones is 1. The van der Waals surface area contributed by atoms with Gasteiger partial charge in [0, 0.05) is 5.56 Å². The number of carbonyl (C=O) groups is 1. The third kappa shape index (κ3) is 3.09. The Labute approximate surface area is 149 Å². The highest BCUT2D eigenvalue weighted by molar-refractivity contribution is 6.04. The van der Waals surface area contributed by atoms with Gasteiger partial charge >= 0.3 is 0 Å². The van der Waals surface area contributed by atoms with Crippen LogP contribution in [0.4, 0.5) is 0 Å². The van der Waals surface area contributed by atoms with Crippen molar-refractivity contribution in [3.8, 4) is 5.75 Å². The molecular weight excluding hydrogens is 312 g/mol. The maximum atomic E-state index is 13.1. The van der Waals surface area contributed by atoms with Crippen LogP contribution in [0.3, 0.4) is 0 Å². The summed E-state index contributed by atoms with van der Waals surface area (Å²) < 4.78 is 12.2. The van der Waals surface area contributed by atoms with Crippen molar-refractivity contribution < 1.29 is 14.3 Å². The summed E-state index contributed by atoms with van der Waals surface area (Å²) in [6.45, 7) is 2.56. The minimum Gasteiger partial charge on any atom is -0.489 e. The Morgan fingerprint density at radius 1 is 1.08 bits per heavy atom. The van der Waals surface area contributed by atoms with Crippen molar-refractivity contribution in [2.45, 2.75) is 57.3 Å². The topological polar surface area (TPSA) is 35.5 Å². The van der Waals surface area contributed by atoms with Crippen LogP contribution in [0.25, 0.3) is 0 Å².